The summed E-state index contributed by atoms with van der Waals surface area (Å²) < 4.78 is 14.2. The lowest BCUT2D eigenvalue weighted by Gasteiger charge is -2.24. The Hall–Kier alpha value is -3.32. The maximum absolute atomic E-state index is 13.5. The molecule has 3 aromatic rings. The topological polar surface area (TPSA) is 70.5 Å². The minimum absolute atomic E-state index is 0.0717. The van der Waals surface area contributed by atoms with Gasteiger partial charge in [0.1, 0.15) is 17.4 Å². The molecule has 1 aliphatic heterocycles. The number of aliphatic hydroxyl groups excluding tert-OH is 1. The van der Waals surface area contributed by atoms with E-state index in [2.05, 4.69) is 20.9 Å². The van der Waals surface area contributed by atoms with Crippen LogP contribution in [-0.2, 0) is 9.59 Å². The molecule has 1 saturated heterocycles. The van der Waals surface area contributed by atoms with Crippen LogP contribution in [0.4, 0.5) is 10.2 Å². The van der Waals surface area contributed by atoms with Gasteiger partial charge < -0.3 is 5.11 Å². The molecule has 4 rings (SSSR count). The Labute approximate surface area is 174 Å². The highest BCUT2D eigenvalue weighted by Crippen LogP contribution is 2.41. The number of carbonyl (C=O) groups is 2. The van der Waals surface area contributed by atoms with Crippen molar-refractivity contribution in [1.29, 1.82) is 0 Å². The summed E-state index contributed by atoms with van der Waals surface area (Å²) in [5.41, 5.74) is 0.812. The molecule has 1 atom stereocenters. The third-order valence-corrected chi connectivity index (χ3v) is 5.11. The number of hydrogen-bond donors (Lipinski definition) is 1. The summed E-state index contributed by atoms with van der Waals surface area (Å²) in [6.07, 6.45) is 1.51. The standard InChI is InChI=1S/C22H14BrFN2O3/c23-15-8-11-17(25-12-15)26-19(13-6-9-16(24)10-7-13)18(21(28)22(26)29)20(27)14-4-2-1-3-5-14/h1-12,19,27H/b20-18+/t19-/m1/s1. The maximum atomic E-state index is 13.5. The molecule has 7 heteroatoms. The lowest BCUT2D eigenvalue weighted by molar-refractivity contribution is -0.132. The lowest BCUT2D eigenvalue weighted by Crippen LogP contribution is -2.30. The summed E-state index contributed by atoms with van der Waals surface area (Å²) in [7, 11) is 0. The maximum Gasteiger partial charge on any atom is 0.301 e. The van der Waals surface area contributed by atoms with E-state index in [-0.39, 0.29) is 17.2 Å². The quantitative estimate of drug-likeness (QED) is 0.357. The smallest absolute Gasteiger partial charge is 0.301 e. The third-order valence-electron chi connectivity index (χ3n) is 4.64. The number of pyridine rings is 1. The van der Waals surface area contributed by atoms with E-state index in [9.17, 15) is 19.1 Å². The molecule has 0 radical (unpaired) electrons. The molecule has 2 heterocycles. The Morgan fingerprint density at radius 1 is 1.00 bits per heavy atom. The number of benzene rings is 2. The fraction of sp³-hybridized carbons (Fsp3) is 0.0455. The second kappa shape index (κ2) is 7.60. The van der Waals surface area contributed by atoms with E-state index in [1.165, 1.54) is 35.4 Å². The monoisotopic (exact) mass is 452 g/mol. The number of nitrogens with zero attached hydrogens (tertiary/aromatic N) is 2. The van der Waals surface area contributed by atoms with Gasteiger partial charge in [0, 0.05) is 16.2 Å². The molecular weight excluding hydrogens is 439 g/mol. The van der Waals surface area contributed by atoms with Gasteiger partial charge in [-0.05, 0) is 45.8 Å². The number of anilines is 1. The Balaban J connectivity index is 1.94. The first-order chi connectivity index (χ1) is 14.0. The van der Waals surface area contributed by atoms with E-state index in [1.54, 1.807) is 42.5 Å². The van der Waals surface area contributed by atoms with Gasteiger partial charge in [0.05, 0.1) is 11.6 Å². The van der Waals surface area contributed by atoms with Crippen LogP contribution in [-0.4, -0.2) is 21.8 Å². The first-order valence-electron chi connectivity index (χ1n) is 8.71. The number of halogens is 2. The highest BCUT2D eigenvalue weighted by Gasteiger charge is 2.47. The van der Waals surface area contributed by atoms with Crippen LogP contribution in [0.5, 0.6) is 0 Å². The average Bonchev–Trinajstić information content (AvgIpc) is 3.00. The van der Waals surface area contributed by atoms with Crippen LogP contribution < -0.4 is 4.90 Å². The zero-order valence-corrected chi connectivity index (χ0v) is 16.5. The Morgan fingerprint density at radius 2 is 1.69 bits per heavy atom. The predicted molar refractivity (Wildman–Crippen MR) is 110 cm³/mol. The lowest BCUT2D eigenvalue weighted by atomic mass is 9.95. The van der Waals surface area contributed by atoms with Crippen molar-refractivity contribution in [3.05, 3.63) is 99.9 Å². The molecule has 1 fully saturated rings. The van der Waals surface area contributed by atoms with Gasteiger partial charge >= 0.3 is 5.91 Å². The fourth-order valence-corrected chi connectivity index (χ4v) is 3.53. The van der Waals surface area contributed by atoms with Crippen molar-refractivity contribution in [2.45, 2.75) is 6.04 Å². The van der Waals surface area contributed by atoms with Crippen molar-refractivity contribution >= 4 is 39.2 Å². The number of hydrogen-bond acceptors (Lipinski definition) is 4. The fourth-order valence-electron chi connectivity index (χ4n) is 3.29. The summed E-state index contributed by atoms with van der Waals surface area (Å²) in [6.45, 7) is 0. The van der Waals surface area contributed by atoms with Crippen LogP contribution in [0.25, 0.3) is 5.76 Å². The molecule has 5 nitrogen and oxygen atoms in total. The van der Waals surface area contributed by atoms with Crippen molar-refractivity contribution in [2.75, 3.05) is 4.90 Å². The molecule has 0 aliphatic carbocycles. The van der Waals surface area contributed by atoms with E-state index in [1.807, 2.05) is 0 Å². The largest absolute Gasteiger partial charge is 0.507 e. The SMILES string of the molecule is O=C1C(=O)N(c2ccc(Br)cn2)[C@H](c2ccc(F)cc2)/C1=C(\O)c1ccccc1. The van der Waals surface area contributed by atoms with Crippen LogP contribution in [0.15, 0.2) is 83.0 Å². The van der Waals surface area contributed by atoms with Crippen molar-refractivity contribution in [2.24, 2.45) is 0 Å². The third kappa shape index (κ3) is 3.45. The van der Waals surface area contributed by atoms with E-state index in [4.69, 9.17) is 0 Å². The van der Waals surface area contributed by atoms with Crippen LogP contribution >= 0.6 is 15.9 Å². The summed E-state index contributed by atoms with van der Waals surface area (Å²) in [5, 5.41) is 10.9. The molecule has 29 heavy (non-hydrogen) atoms. The molecule has 0 spiro atoms. The van der Waals surface area contributed by atoms with Gasteiger partial charge in [-0.15, -0.1) is 0 Å². The van der Waals surface area contributed by atoms with Crippen LogP contribution in [0.2, 0.25) is 0 Å². The van der Waals surface area contributed by atoms with Gasteiger partial charge in [0.25, 0.3) is 5.78 Å². The first kappa shape index (κ1) is 19.0. The second-order valence-corrected chi connectivity index (χ2v) is 7.34. The predicted octanol–water partition coefficient (Wildman–Crippen LogP) is 4.61. The molecule has 0 bridgehead atoms. The molecule has 0 unspecified atom stereocenters. The van der Waals surface area contributed by atoms with Crippen LogP contribution in [0.3, 0.4) is 0 Å². The molecule has 1 N–H and O–H groups in total. The number of carbonyl (C=O) groups excluding carboxylic acids is 2. The summed E-state index contributed by atoms with van der Waals surface area (Å²) in [6, 6.07) is 16.3. The van der Waals surface area contributed by atoms with Gasteiger partial charge in [-0.25, -0.2) is 9.37 Å². The number of aromatic nitrogens is 1. The van der Waals surface area contributed by atoms with E-state index < -0.39 is 23.5 Å². The van der Waals surface area contributed by atoms with Gasteiger partial charge in [-0.1, -0.05) is 42.5 Å². The minimum atomic E-state index is -0.940. The molecule has 1 amide bonds. The van der Waals surface area contributed by atoms with Crippen molar-refractivity contribution in [3.63, 3.8) is 0 Å². The van der Waals surface area contributed by atoms with Gasteiger partial charge in [0.15, 0.2) is 0 Å². The molecule has 1 aromatic heterocycles. The minimum Gasteiger partial charge on any atom is -0.507 e. The summed E-state index contributed by atoms with van der Waals surface area (Å²) >= 11 is 3.29. The Morgan fingerprint density at radius 3 is 2.31 bits per heavy atom. The normalized spacial score (nSPS) is 18.3. The summed E-state index contributed by atoms with van der Waals surface area (Å²) in [4.78, 5) is 31.2. The first-order valence-corrected chi connectivity index (χ1v) is 9.50. The summed E-state index contributed by atoms with van der Waals surface area (Å²) in [5.74, 6) is -2.14. The number of Topliss-reactive ketones (excluding diaryl/α,β-unsaturated/α-hetero) is 1. The number of rotatable bonds is 3. The van der Waals surface area contributed by atoms with Crippen molar-refractivity contribution in [3.8, 4) is 0 Å². The highest BCUT2D eigenvalue weighted by molar-refractivity contribution is 9.10. The van der Waals surface area contributed by atoms with E-state index in [0.29, 0.717) is 15.6 Å². The highest BCUT2D eigenvalue weighted by atomic mass is 79.9. The Kier molecular flexibility index (Phi) is 4.98. The van der Waals surface area contributed by atoms with Crippen LogP contribution in [0, 0.1) is 5.82 Å². The number of aliphatic hydroxyl groups is 1. The molecule has 1 aliphatic rings. The van der Waals surface area contributed by atoms with Gasteiger partial charge in [0.2, 0.25) is 0 Å². The average molecular weight is 453 g/mol. The number of amides is 1. The number of ketones is 1. The molecule has 144 valence electrons. The van der Waals surface area contributed by atoms with E-state index in [0.717, 1.165) is 0 Å². The zero-order valence-electron chi connectivity index (χ0n) is 14.9. The Bertz CT molecular complexity index is 1110. The van der Waals surface area contributed by atoms with E-state index >= 15 is 0 Å². The molecule has 0 saturated carbocycles. The second-order valence-electron chi connectivity index (χ2n) is 6.42. The molecule has 2 aromatic carbocycles. The molecular formula is C22H14BrFN2O3. The van der Waals surface area contributed by atoms with Crippen molar-refractivity contribution in [1.82, 2.24) is 4.98 Å². The van der Waals surface area contributed by atoms with Gasteiger partial charge in [-0.2, -0.15) is 0 Å². The van der Waals surface area contributed by atoms with Gasteiger partial charge in [-0.3, -0.25) is 14.5 Å². The zero-order chi connectivity index (χ0) is 20.5. The van der Waals surface area contributed by atoms with Crippen molar-refractivity contribution < 1.29 is 19.1 Å². The van der Waals surface area contributed by atoms with Crippen LogP contribution in [0.1, 0.15) is 17.2 Å².